The van der Waals surface area contributed by atoms with Gasteiger partial charge in [-0.25, -0.2) is 4.79 Å². The highest BCUT2D eigenvalue weighted by molar-refractivity contribution is 5.92. The second-order valence-corrected chi connectivity index (χ2v) is 7.90. The van der Waals surface area contributed by atoms with Gasteiger partial charge in [-0.15, -0.1) is 0 Å². The average Bonchev–Trinajstić information content (AvgIpc) is 3.37. The predicted octanol–water partition coefficient (Wildman–Crippen LogP) is 2.00. The van der Waals surface area contributed by atoms with E-state index in [0.29, 0.717) is 30.3 Å². The number of methoxy groups -OCH3 is 2. The zero-order valence-electron chi connectivity index (χ0n) is 18.9. The Hall–Kier alpha value is -3.88. The van der Waals surface area contributed by atoms with Crippen LogP contribution in [-0.4, -0.2) is 52.5 Å². The van der Waals surface area contributed by atoms with Crippen LogP contribution in [0.2, 0.25) is 0 Å². The normalized spacial score (nSPS) is 13.2. The topological polar surface area (TPSA) is 95.7 Å². The molecular weight excluding hydrogens is 424 g/mol. The monoisotopic (exact) mass is 450 g/mol. The fourth-order valence-corrected chi connectivity index (χ4v) is 3.94. The van der Waals surface area contributed by atoms with Gasteiger partial charge in [0, 0.05) is 19.2 Å². The maximum Gasteiger partial charge on any atom is 0.352 e. The van der Waals surface area contributed by atoms with E-state index in [1.165, 1.54) is 14.2 Å². The molecule has 1 saturated heterocycles. The van der Waals surface area contributed by atoms with E-state index in [4.69, 9.17) is 9.47 Å². The molecule has 1 amide bonds. The molecule has 9 heteroatoms. The summed E-state index contributed by atoms with van der Waals surface area (Å²) in [6.45, 7) is 3.06. The quantitative estimate of drug-likeness (QED) is 0.570. The van der Waals surface area contributed by atoms with Gasteiger partial charge in [0.05, 0.1) is 26.5 Å². The third-order valence-corrected chi connectivity index (χ3v) is 5.86. The maximum atomic E-state index is 13.4. The summed E-state index contributed by atoms with van der Waals surface area (Å²) in [6.07, 6.45) is 1.75. The third-order valence-electron chi connectivity index (χ3n) is 5.86. The smallest absolute Gasteiger partial charge is 0.352 e. The van der Waals surface area contributed by atoms with Crippen molar-refractivity contribution in [1.29, 1.82) is 0 Å². The fourth-order valence-electron chi connectivity index (χ4n) is 3.94. The van der Waals surface area contributed by atoms with E-state index in [1.807, 2.05) is 31.2 Å². The van der Waals surface area contributed by atoms with E-state index < -0.39 is 17.2 Å². The third kappa shape index (κ3) is 4.26. The molecule has 33 heavy (non-hydrogen) atoms. The molecule has 2 heterocycles. The van der Waals surface area contributed by atoms with E-state index in [0.717, 1.165) is 33.2 Å². The minimum atomic E-state index is -0.697. The van der Waals surface area contributed by atoms with Crippen LogP contribution in [0, 0.1) is 6.92 Å². The number of carbonyl (C=O) groups is 1. The Morgan fingerprint density at radius 1 is 1.00 bits per heavy atom. The molecule has 172 valence electrons. The van der Waals surface area contributed by atoms with Crippen LogP contribution in [0.3, 0.4) is 0 Å². The molecule has 1 aromatic heterocycles. The van der Waals surface area contributed by atoms with Gasteiger partial charge in [0.15, 0.2) is 11.5 Å². The van der Waals surface area contributed by atoms with Gasteiger partial charge in [0.1, 0.15) is 0 Å². The maximum absolute atomic E-state index is 13.4. The fraction of sp³-hybridized carbons (Fsp3) is 0.333. The Morgan fingerprint density at radius 3 is 2.36 bits per heavy atom. The zero-order valence-corrected chi connectivity index (χ0v) is 18.9. The van der Waals surface area contributed by atoms with Crippen molar-refractivity contribution >= 4 is 5.91 Å². The zero-order chi connectivity index (χ0) is 23.5. The molecule has 0 radical (unpaired) electrons. The summed E-state index contributed by atoms with van der Waals surface area (Å²) in [5.41, 5.74) is 0.476. The highest BCUT2D eigenvalue weighted by Crippen LogP contribution is 2.28. The lowest BCUT2D eigenvalue weighted by Crippen LogP contribution is -2.46. The highest BCUT2D eigenvalue weighted by Gasteiger charge is 2.27. The minimum absolute atomic E-state index is 0.0282. The van der Waals surface area contributed by atoms with E-state index in [-0.39, 0.29) is 12.2 Å². The molecular formula is C24H26N4O5. The van der Waals surface area contributed by atoms with E-state index in [2.05, 4.69) is 5.10 Å². The SMILES string of the molecule is COc1ccc(-n2nc(C(=O)N3CCCC3)c(=O)n(Cc3ccccc3C)c2=O)cc1OC. The van der Waals surface area contributed by atoms with Gasteiger partial charge in [-0.05, 0) is 43.0 Å². The lowest BCUT2D eigenvalue weighted by atomic mass is 10.1. The first-order valence-corrected chi connectivity index (χ1v) is 10.7. The number of aryl methyl sites for hydroxylation is 1. The summed E-state index contributed by atoms with van der Waals surface area (Å²) in [5, 5.41) is 4.23. The summed E-state index contributed by atoms with van der Waals surface area (Å²) in [6, 6.07) is 12.3. The number of rotatable bonds is 6. The van der Waals surface area contributed by atoms with E-state index >= 15 is 0 Å². The molecule has 0 bridgehead atoms. The minimum Gasteiger partial charge on any atom is -0.493 e. The van der Waals surface area contributed by atoms with Gasteiger partial charge in [0.25, 0.3) is 11.5 Å². The van der Waals surface area contributed by atoms with Gasteiger partial charge in [-0.2, -0.15) is 9.78 Å². The van der Waals surface area contributed by atoms with Crippen LogP contribution in [0.5, 0.6) is 11.5 Å². The molecule has 0 saturated carbocycles. The van der Waals surface area contributed by atoms with Gasteiger partial charge in [-0.1, -0.05) is 24.3 Å². The molecule has 3 aromatic rings. The van der Waals surface area contributed by atoms with Gasteiger partial charge >= 0.3 is 5.69 Å². The number of hydrogen-bond donors (Lipinski definition) is 0. The lowest BCUT2D eigenvalue weighted by molar-refractivity contribution is 0.0781. The van der Waals surface area contributed by atoms with Crippen molar-refractivity contribution in [2.75, 3.05) is 27.3 Å². The first-order valence-electron chi connectivity index (χ1n) is 10.7. The molecule has 0 atom stereocenters. The summed E-state index contributed by atoms with van der Waals surface area (Å²) >= 11 is 0. The number of benzene rings is 2. The Morgan fingerprint density at radius 2 is 1.70 bits per heavy atom. The van der Waals surface area contributed by atoms with Crippen molar-refractivity contribution < 1.29 is 14.3 Å². The molecule has 0 N–H and O–H groups in total. The number of aromatic nitrogens is 3. The van der Waals surface area contributed by atoms with Gasteiger partial charge < -0.3 is 14.4 Å². The molecule has 1 fully saturated rings. The number of hydrogen-bond acceptors (Lipinski definition) is 6. The number of ether oxygens (including phenoxy) is 2. The number of amides is 1. The van der Waals surface area contributed by atoms with E-state index in [1.54, 1.807) is 23.1 Å². The number of likely N-dealkylation sites (tertiary alicyclic amines) is 1. The Balaban J connectivity index is 1.92. The Kier molecular flexibility index (Phi) is 6.30. The molecule has 0 unspecified atom stereocenters. The molecule has 0 spiro atoms. The van der Waals surface area contributed by atoms with Crippen molar-refractivity contribution in [1.82, 2.24) is 19.2 Å². The molecule has 1 aliphatic heterocycles. The van der Waals surface area contributed by atoms with Crippen molar-refractivity contribution in [3.63, 3.8) is 0 Å². The molecule has 0 aliphatic carbocycles. The van der Waals surface area contributed by atoms with Gasteiger partial charge in [0.2, 0.25) is 5.69 Å². The van der Waals surface area contributed by atoms with Crippen LogP contribution < -0.4 is 20.7 Å². The molecule has 2 aromatic carbocycles. The molecule has 9 nitrogen and oxygen atoms in total. The first kappa shape index (κ1) is 22.3. The Bertz CT molecular complexity index is 1300. The molecule has 1 aliphatic rings. The largest absolute Gasteiger partial charge is 0.493 e. The van der Waals surface area contributed by atoms with Gasteiger partial charge in [-0.3, -0.25) is 14.2 Å². The van der Waals surface area contributed by atoms with Crippen molar-refractivity contribution in [2.24, 2.45) is 0 Å². The number of carbonyl (C=O) groups excluding carboxylic acids is 1. The lowest BCUT2D eigenvalue weighted by Gasteiger charge is -2.17. The van der Waals surface area contributed by atoms with Crippen LogP contribution >= 0.6 is 0 Å². The van der Waals surface area contributed by atoms with Crippen LogP contribution in [0.15, 0.2) is 52.1 Å². The average molecular weight is 450 g/mol. The summed E-state index contributed by atoms with van der Waals surface area (Å²) in [7, 11) is 3.00. The second-order valence-electron chi connectivity index (χ2n) is 7.90. The molecule has 4 rings (SSSR count). The summed E-state index contributed by atoms with van der Waals surface area (Å²) in [4.78, 5) is 41.5. The van der Waals surface area contributed by atoms with E-state index in [9.17, 15) is 14.4 Å². The standard InChI is InChI=1S/C24H26N4O5/c1-16-8-4-5-9-17(16)15-27-23(30)21(22(29)26-12-6-7-13-26)25-28(24(27)31)18-10-11-19(32-2)20(14-18)33-3/h4-5,8-11,14H,6-7,12-13,15H2,1-3H3. The van der Waals surface area contributed by atoms with Crippen LogP contribution in [0.25, 0.3) is 5.69 Å². The van der Waals surface area contributed by atoms with Crippen molar-refractivity contribution in [3.8, 4) is 17.2 Å². The van der Waals surface area contributed by atoms with Crippen molar-refractivity contribution in [3.05, 3.63) is 80.1 Å². The van der Waals surface area contributed by atoms with Crippen LogP contribution in [0.4, 0.5) is 0 Å². The summed E-state index contributed by atoms with van der Waals surface area (Å²) in [5.74, 6) is 0.411. The predicted molar refractivity (Wildman–Crippen MR) is 123 cm³/mol. The summed E-state index contributed by atoms with van der Waals surface area (Å²) < 4.78 is 12.8. The van der Waals surface area contributed by atoms with Crippen LogP contribution in [0.1, 0.15) is 34.5 Å². The number of nitrogens with zero attached hydrogens (tertiary/aromatic N) is 4. The van der Waals surface area contributed by atoms with Crippen LogP contribution in [-0.2, 0) is 6.54 Å². The second kappa shape index (κ2) is 9.32. The first-order chi connectivity index (χ1) is 15.9. The van der Waals surface area contributed by atoms with Crippen molar-refractivity contribution in [2.45, 2.75) is 26.3 Å². The Labute approximate surface area is 190 Å². The highest BCUT2D eigenvalue weighted by atomic mass is 16.5.